The maximum absolute atomic E-state index is 12.8. The second kappa shape index (κ2) is 4.40. The Hall–Kier alpha value is -0.240. The van der Waals surface area contributed by atoms with E-state index in [2.05, 4.69) is 13.8 Å². The lowest BCUT2D eigenvalue weighted by molar-refractivity contribution is -0.160. The van der Waals surface area contributed by atoms with Gasteiger partial charge in [-0.1, -0.05) is 13.8 Å². The van der Waals surface area contributed by atoms with Crippen molar-refractivity contribution in [2.45, 2.75) is 70.6 Å². The Morgan fingerprint density at radius 2 is 1.81 bits per heavy atom. The summed E-state index contributed by atoms with van der Waals surface area (Å²) in [4.78, 5) is 14.8. The normalized spacial score (nSPS) is 51.7. The van der Waals surface area contributed by atoms with E-state index in [4.69, 9.17) is 11.6 Å². The number of rotatable bonds is 2. The van der Waals surface area contributed by atoms with Crippen LogP contribution in [0, 0.1) is 22.2 Å². The Balaban J connectivity index is 1.53. The van der Waals surface area contributed by atoms with E-state index in [0.29, 0.717) is 22.2 Å². The average Bonchev–Trinajstić information content (AvgIpc) is 2.70. The third kappa shape index (κ3) is 2.42. The van der Waals surface area contributed by atoms with Gasteiger partial charge in [-0.3, -0.25) is 4.79 Å². The first-order valence-corrected chi connectivity index (χ1v) is 9.15. The Bertz CT molecular complexity index is 458. The number of halogens is 1. The highest BCUT2D eigenvalue weighted by Gasteiger charge is 2.60. The summed E-state index contributed by atoms with van der Waals surface area (Å²) in [6, 6.07) is 0. The molecular weight excluding hydrogens is 282 g/mol. The van der Waals surface area contributed by atoms with Crippen molar-refractivity contribution >= 4 is 17.5 Å². The highest BCUT2D eigenvalue weighted by molar-refractivity contribution is 6.21. The van der Waals surface area contributed by atoms with Gasteiger partial charge in [-0.05, 0) is 67.1 Å². The molecule has 1 heterocycles. The summed E-state index contributed by atoms with van der Waals surface area (Å²) in [5, 5.41) is 0.181. The first-order valence-electron chi connectivity index (χ1n) is 8.71. The average molecular weight is 310 g/mol. The predicted molar refractivity (Wildman–Crippen MR) is 85.3 cm³/mol. The molecule has 3 unspecified atom stereocenters. The molecule has 118 valence electrons. The summed E-state index contributed by atoms with van der Waals surface area (Å²) in [6.45, 7) is 6.62. The molecule has 21 heavy (non-hydrogen) atoms. The summed E-state index contributed by atoms with van der Waals surface area (Å²) in [6.07, 6.45) is 9.85. The molecule has 0 aromatic heterocycles. The van der Waals surface area contributed by atoms with Crippen LogP contribution in [0.5, 0.6) is 0 Å². The van der Waals surface area contributed by atoms with Crippen LogP contribution in [0.3, 0.4) is 0 Å². The van der Waals surface area contributed by atoms with Gasteiger partial charge in [0.05, 0.1) is 5.38 Å². The van der Waals surface area contributed by atoms with E-state index in [-0.39, 0.29) is 5.38 Å². The van der Waals surface area contributed by atoms with Crippen molar-refractivity contribution in [1.82, 2.24) is 4.90 Å². The molecule has 3 atom stereocenters. The standard InChI is InChI=1S/C18H28ClNO/c1-16-5-13-6-17(2,10-16)12-18(7-13,11-16)8-15(21)20-4-3-14(19)9-20/h13-14H,3-12H2,1-2H3. The minimum Gasteiger partial charge on any atom is -0.341 e. The third-order valence-corrected chi connectivity index (χ3v) is 7.11. The molecule has 0 spiro atoms. The molecule has 5 fully saturated rings. The van der Waals surface area contributed by atoms with Gasteiger partial charge in [0.25, 0.3) is 0 Å². The highest BCUT2D eigenvalue weighted by atomic mass is 35.5. The quantitative estimate of drug-likeness (QED) is 0.700. The maximum Gasteiger partial charge on any atom is 0.223 e. The first-order chi connectivity index (χ1) is 9.79. The number of carbonyl (C=O) groups is 1. The van der Waals surface area contributed by atoms with Gasteiger partial charge < -0.3 is 4.90 Å². The highest BCUT2D eigenvalue weighted by Crippen LogP contribution is 2.70. The van der Waals surface area contributed by atoms with Crippen LogP contribution in [0.1, 0.15) is 65.2 Å². The molecule has 4 saturated carbocycles. The minimum absolute atomic E-state index is 0.181. The van der Waals surface area contributed by atoms with Crippen molar-refractivity contribution in [3.8, 4) is 0 Å². The molecule has 5 rings (SSSR count). The monoisotopic (exact) mass is 309 g/mol. The van der Waals surface area contributed by atoms with Crippen LogP contribution in [0.4, 0.5) is 0 Å². The van der Waals surface area contributed by atoms with E-state index in [9.17, 15) is 4.79 Å². The van der Waals surface area contributed by atoms with Crippen molar-refractivity contribution in [1.29, 1.82) is 0 Å². The van der Waals surface area contributed by atoms with E-state index < -0.39 is 0 Å². The molecular formula is C18H28ClNO. The maximum atomic E-state index is 12.8. The van der Waals surface area contributed by atoms with Gasteiger partial charge in [-0.25, -0.2) is 0 Å². The zero-order chi connectivity index (χ0) is 14.9. The third-order valence-electron chi connectivity index (χ3n) is 6.75. The first kappa shape index (κ1) is 14.4. The predicted octanol–water partition coefficient (Wildman–Crippen LogP) is 4.21. The number of carbonyl (C=O) groups excluding carboxylic acids is 1. The Morgan fingerprint density at radius 1 is 1.14 bits per heavy atom. The van der Waals surface area contributed by atoms with Gasteiger partial charge >= 0.3 is 0 Å². The second-order valence-electron chi connectivity index (χ2n) is 9.53. The van der Waals surface area contributed by atoms with Crippen LogP contribution in [0.25, 0.3) is 0 Å². The molecule has 1 saturated heterocycles. The molecule has 2 nitrogen and oxygen atoms in total. The smallest absolute Gasteiger partial charge is 0.223 e. The van der Waals surface area contributed by atoms with Crippen molar-refractivity contribution in [3.05, 3.63) is 0 Å². The number of likely N-dealkylation sites (tertiary alicyclic amines) is 1. The lowest BCUT2D eigenvalue weighted by Crippen LogP contribution is -2.56. The van der Waals surface area contributed by atoms with Gasteiger partial charge in [-0.15, -0.1) is 11.6 Å². The Labute approximate surface area is 133 Å². The zero-order valence-electron chi connectivity index (χ0n) is 13.5. The van der Waals surface area contributed by atoms with E-state index in [1.165, 1.54) is 38.5 Å². The van der Waals surface area contributed by atoms with E-state index in [0.717, 1.165) is 31.8 Å². The van der Waals surface area contributed by atoms with Gasteiger partial charge in [0, 0.05) is 19.5 Å². The lowest BCUT2D eigenvalue weighted by atomic mass is 9.40. The number of hydrogen-bond acceptors (Lipinski definition) is 1. The van der Waals surface area contributed by atoms with Gasteiger partial charge in [0.2, 0.25) is 5.91 Å². The Morgan fingerprint density at radius 3 is 2.33 bits per heavy atom. The Kier molecular flexibility index (Phi) is 3.01. The van der Waals surface area contributed by atoms with Crippen molar-refractivity contribution < 1.29 is 4.79 Å². The summed E-state index contributed by atoms with van der Waals surface area (Å²) >= 11 is 6.18. The zero-order valence-corrected chi connectivity index (χ0v) is 14.2. The molecule has 4 bridgehead atoms. The van der Waals surface area contributed by atoms with Crippen LogP contribution < -0.4 is 0 Å². The second-order valence-corrected chi connectivity index (χ2v) is 10.1. The summed E-state index contributed by atoms with van der Waals surface area (Å²) < 4.78 is 0. The fraction of sp³-hybridized carbons (Fsp3) is 0.944. The molecule has 3 heteroatoms. The topological polar surface area (TPSA) is 20.3 Å². The summed E-state index contributed by atoms with van der Waals surface area (Å²) in [5.41, 5.74) is 1.33. The van der Waals surface area contributed by atoms with Crippen LogP contribution in [-0.4, -0.2) is 29.3 Å². The molecule has 0 aromatic carbocycles. The number of amides is 1. The SMILES string of the molecule is CC12CC3CC(C)(C1)CC(CC(=O)N1CCC(Cl)C1)(C3)C2. The molecule has 4 aliphatic carbocycles. The van der Waals surface area contributed by atoms with E-state index in [1.807, 2.05) is 4.90 Å². The van der Waals surface area contributed by atoms with Gasteiger partial charge in [-0.2, -0.15) is 0 Å². The van der Waals surface area contributed by atoms with Crippen LogP contribution >= 0.6 is 11.6 Å². The summed E-state index contributed by atoms with van der Waals surface area (Å²) in [5.74, 6) is 1.26. The molecule has 0 aromatic rings. The largest absolute Gasteiger partial charge is 0.341 e. The number of hydrogen-bond donors (Lipinski definition) is 0. The molecule has 1 aliphatic heterocycles. The van der Waals surface area contributed by atoms with E-state index in [1.54, 1.807) is 0 Å². The minimum atomic E-state index is 0.181. The summed E-state index contributed by atoms with van der Waals surface area (Å²) in [7, 11) is 0. The van der Waals surface area contributed by atoms with E-state index >= 15 is 0 Å². The van der Waals surface area contributed by atoms with Crippen molar-refractivity contribution in [2.75, 3.05) is 13.1 Å². The molecule has 1 amide bonds. The lowest BCUT2D eigenvalue weighted by Gasteiger charge is -2.65. The van der Waals surface area contributed by atoms with Crippen LogP contribution in [-0.2, 0) is 4.79 Å². The van der Waals surface area contributed by atoms with Crippen molar-refractivity contribution in [3.63, 3.8) is 0 Å². The van der Waals surface area contributed by atoms with Crippen molar-refractivity contribution in [2.24, 2.45) is 22.2 Å². The molecule has 0 N–H and O–H groups in total. The fourth-order valence-corrected chi connectivity index (χ4v) is 7.52. The van der Waals surface area contributed by atoms with Crippen LogP contribution in [0.15, 0.2) is 0 Å². The molecule has 5 aliphatic rings. The number of alkyl halides is 1. The fourth-order valence-electron chi connectivity index (χ4n) is 7.26. The van der Waals surface area contributed by atoms with Gasteiger partial charge in [0.15, 0.2) is 0 Å². The van der Waals surface area contributed by atoms with Gasteiger partial charge in [0.1, 0.15) is 0 Å². The molecule has 0 radical (unpaired) electrons. The van der Waals surface area contributed by atoms with Crippen LogP contribution in [0.2, 0.25) is 0 Å². The number of nitrogens with zero attached hydrogens (tertiary/aromatic N) is 1.